The molecule has 1 aliphatic rings. The van der Waals surface area contributed by atoms with Gasteiger partial charge < -0.3 is 10.4 Å². The fourth-order valence-electron chi connectivity index (χ4n) is 2.21. The van der Waals surface area contributed by atoms with E-state index < -0.39 is 11.4 Å². The normalized spacial score (nSPS) is 16.4. The number of hydrogen-bond acceptors (Lipinski definition) is 3. The van der Waals surface area contributed by atoms with Crippen LogP contribution in [0.15, 0.2) is 24.4 Å². The highest BCUT2D eigenvalue weighted by Gasteiger charge is 2.44. The van der Waals surface area contributed by atoms with Gasteiger partial charge in [0, 0.05) is 24.9 Å². The largest absolute Gasteiger partial charge is 0.481 e. The number of rotatable bonds is 6. The Morgan fingerprint density at radius 2 is 2.16 bits per heavy atom. The van der Waals surface area contributed by atoms with Gasteiger partial charge in [-0.1, -0.05) is 12.5 Å². The fourth-order valence-corrected chi connectivity index (χ4v) is 2.21. The summed E-state index contributed by atoms with van der Waals surface area (Å²) in [5.74, 6) is -0.915. The summed E-state index contributed by atoms with van der Waals surface area (Å²) < 4.78 is 0. The van der Waals surface area contributed by atoms with Gasteiger partial charge in [-0.25, -0.2) is 0 Å². The van der Waals surface area contributed by atoms with E-state index in [4.69, 9.17) is 5.11 Å². The maximum absolute atomic E-state index is 11.7. The van der Waals surface area contributed by atoms with E-state index in [1.807, 2.05) is 18.2 Å². The highest BCUT2D eigenvalue weighted by molar-refractivity contribution is 5.79. The van der Waals surface area contributed by atoms with E-state index in [-0.39, 0.29) is 12.5 Å². The molecule has 1 saturated carbocycles. The van der Waals surface area contributed by atoms with E-state index >= 15 is 0 Å². The van der Waals surface area contributed by atoms with Gasteiger partial charge in [0.15, 0.2) is 0 Å². The molecule has 0 atom stereocenters. The maximum atomic E-state index is 11.7. The highest BCUT2D eigenvalue weighted by Crippen LogP contribution is 2.40. The number of amides is 1. The standard InChI is InChI=1S/C14H18N2O3/c17-12(6-5-11-4-1-2-9-15-11)16-10-14(13(18)19)7-3-8-14/h1-2,4,9H,3,5-8,10H2,(H,16,17)(H,18,19). The molecular weight excluding hydrogens is 244 g/mol. The second-order valence-electron chi connectivity index (χ2n) is 5.04. The first-order valence-electron chi connectivity index (χ1n) is 6.52. The Kier molecular flexibility index (Phi) is 4.14. The zero-order valence-corrected chi connectivity index (χ0v) is 10.8. The predicted molar refractivity (Wildman–Crippen MR) is 69.5 cm³/mol. The molecule has 1 aromatic heterocycles. The smallest absolute Gasteiger partial charge is 0.311 e. The lowest BCUT2D eigenvalue weighted by molar-refractivity contribution is -0.154. The summed E-state index contributed by atoms with van der Waals surface area (Å²) in [6.45, 7) is 0.239. The number of pyridine rings is 1. The molecule has 5 nitrogen and oxygen atoms in total. The summed E-state index contributed by atoms with van der Waals surface area (Å²) in [4.78, 5) is 27.0. The molecular formula is C14H18N2O3. The van der Waals surface area contributed by atoms with E-state index in [1.54, 1.807) is 6.20 Å². The van der Waals surface area contributed by atoms with Crippen molar-refractivity contribution < 1.29 is 14.7 Å². The molecule has 1 amide bonds. The summed E-state index contributed by atoms with van der Waals surface area (Å²) >= 11 is 0. The first kappa shape index (κ1) is 13.5. The van der Waals surface area contributed by atoms with Crippen molar-refractivity contribution in [3.05, 3.63) is 30.1 Å². The molecule has 5 heteroatoms. The highest BCUT2D eigenvalue weighted by atomic mass is 16.4. The first-order chi connectivity index (χ1) is 9.12. The molecule has 19 heavy (non-hydrogen) atoms. The van der Waals surface area contributed by atoms with Crippen molar-refractivity contribution in [1.29, 1.82) is 0 Å². The number of carboxylic acids is 1. The van der Waals surface area contributed by atoms with E-state index in [0.717, 1.165) is 12.1 Å². The molecule has 2 rings (SSSR count). The lowest BCUT2D eigenvalue weighted by atomic mass is 9.69. The van der Waals surface area contributed by atoms with Crippen LogP contribution in [-0.4, -0.2) is 28.5 Å². The lowest BCUT2D eigenvalue weighted by Crippen LogP contribution is -2.47. The van der Waals surface area contributed by atoms with Crippen molar-refractivity contribution in [3.63, 3.8) is 0 Å². The summed E-state index contributed by atoms with van der Waals surface area (Å²) in [7, 11) is 0. The Morgan fingerprint density at radius 3 is 2.68 bits per heavy atom. The van der Waals surface area contributed by atoms with Gasteiger partial charge in [0.05, 0.1) is 5.41 Å². The molecule has 0 unspecified atom stereocenters. The third kappa shape index (κ3) is 3.30. The average molecular weight is 262 g/mol. The van der Waals surface area contributed by atoms with Crippen molar-refractivity contribution >= 4 is 11.9 Å². The van der Waals surface area contributed by atoms with Crippen LogP contribution in [0.2, 0.25) is 0 Å². The number of hydrogen-bond donors (Lipinski definition) is 2. The zero-order valence-electron chi connectivity index (χ0n) is 10.8. The average Bonchev–Trinajstić information content (AvgIpc) is 2.36. The Hall–Kier alpha value is -1.91. The van der Waals surface area contributed by atoms with Crippen LogP contribution >= 0.6 is 0 Å². The third-order valence-corrected chi connectivity index (χ3v) is 3.72. The van der Waals surface area contributed by atoms with Crippen LogP contribution in [0.4, 0.5) is 0 Å². The molecule has 1 aromatic rings. The van der Waals surface area contributed by atoms with Crippen LogP contribution in [0, 0.1) is 5.41 Å². The molecule has 1 aliphatic carbocycles. The summed E-state index contributed by atoms with van der Waals surface area (Å²) in [5, 5.41) is 11.9. The first-order valence-corrected chi connectivity index (χ1v) is 6.52. The van der Waals surface area contributed by atoms with Crippen molar-refractivity contribution in [2.75, 3.05) is 6.54 Å². The van der Waals surface area contributed by atoms with Gasteiger partial charge in [-0.3, -0.25) is 14.6 Å². The van der Waals surface area contributed by atoms with Crippen molar-refractivity contribution in [2.45, 2.75) is 32.1 Å². The van der Waals surface area contributed by atoms with Crippen LogP contribution in [0.25, 0.3) is 0 Å². The van der Waals surface area contributed by atoms with E-state index in [9.17, 15) is 9.59 Å². The number of aromatic nitrogens is 1. The molecule has 2 N–H and O–H groups in total. The number of carbonyl (C=O) groups excluding carboxylic acids is 1. The molecule has 1 heterocycles. The molecule has 1 fully saturated rings. The van der Waals surface area contributed by atoms with Gasteiger partial charge in [-0.15, -0.1) is 0 Å². The number of aliphatic carboxylic acids is 1. The van der Waals surface area contributed by atoms with E-state index in [1.165, 1.54) is 0 Å². The van der Waals surface area contributed by atoms with Gasteiger partial charge in [-0.05, 0) is 31.4 Å². The predicted octanol–water partition coefficient (Wildman–Crippen LogP) is 1.39. The maximum Gasteiger partial charge on any atom is 0.311 e. The summed E-state index contributed by atoms with van der Waals surface area (Å²) in [6.07, 6.45) is 4.85. The topological polar surface area (TPSA) is 79.3 Å². The van der Waals surface area contributed by atoms with Gasteiger partial charge in [-0.2, -0.15) is 0 Å². The van der Waals surface area contributed by atoms with Gasteiger partial charge in [0.25, 0.3) is 0 Å². The zero-order chi connectivity index (χ0) is 13.7. The van der Waals surface area contributed by atoms with Gasteiger partial charge in [0.1, 0.15) is 0 Å². The van der Waals surface area contributed by atoms with Gasteiger partial charge >= 0.3 is 5.97 Å². The minimum absolute atomic E-state index is 0.113. The molecule has 0 aliphatic heterocycles. The quantitative estimate of drug-likeness (QED) is 0.812. The Morgan fingerprint density at radius 1 is 1.37 bits per heavy atom. The van der Waals surface area contributed by atoms with Gasteiger partial charge in [0.2, 0.25) is 5.91 Å². The summed E-state index contributed by atoms with van der Waals surface area (Å²) in [6, 6.07) is 5.59. The van der Waals surface area contributed by atoms with Crippen LogP contribution in [0.1, 0.15) is 31.4 Å². The Bertz CT molecular complexity index is 455. The monoisotopic (exact) mass is 262 g/mol. The third-order valence-electron chi connectivity index (χ3n) is 3.72. The lowest BCUT2D eigenvalue weighted by Gasteiger charge is -2.37. The van der Waals surface area contributed by atoms with Crippen LogP contribution in [-0.2, 0) is 16.0 Å². The van der Waals surface area contributed by atoms with Crippen molar-refractivity contribution in [3.8, 4) is 0 Å². The van der Waals surface area contributed by atoms with Crippen LogP contribution < -0.4 is 5.32 Å². The molecule has 102 valence electrons. The number of aryl methyl sites for hydroxylation is 1. The number of carbonyl (C=O) groups is 2. The Balaban J connectivity index is 1.74. The van der Waals surface area contributed by atoms with E-state index in [2.05, 4.69) is 10.3 Å². The minimum Gasteiger partial charge on any atom is -0.481 e. The van der Waals surface area contributed by atoms with Crippen molar-refractivity contribution in [2.24, 2.45) is 5.41 Å². The van der Waals surface area contributed by atoms with Crippen molar-refractivity contribution in [1.82, 2.24) is 10.3 Å². The van der Waals surface area contributed by atoms with Crippen LogP contribution in [0.3, 0.4) is 0 Å². The molecule has 0 bridgehead atoms. The van der Waals surface area contributed by atoms with Crippen LogP contribution in [0.5, 0.6) is 0 Å². The summed E-state index contributed by atoms with van der Waals surface area (Å²) in [5.41, 5.74) is 0.148. The molecule has 0 aromatic carbocycles. The minimum atomic E-state index is -0.802. The number of carboxylic acid groups (broad SMARTS) is 1. The molecule has 0 radical (unpaired) electrons. The van der Waals surface area contributed by atoms with E-state index in [0.29, 0.717) is 25.7 Å². The Labute approximate surface area is 112 Å². The second kappa shape index (κ2) is 5.82. The number of nitrogens with zero attached hydrogens (tertiary/aromatic N) is 1. The SMILES string of the molecule is O=C(CCc1ccccn1)NCC1(C(=O)O)CCC1. The second-order valence-corrected chi connectivity index (χ2v) is 5.04. The molecule has 0 saturated heterocycles. The number of nitrogens with one attached hydrogen (secondary N) is 1. The fraction of sp³-hybridized carbons (Fsp3) is 0.500. The molecule has 0 spiro atoms.